The molecule has 19 heavy (non-hydrogen) atoms. The molecule has 0 aliphatic carbocycles. The topological polar surface area (TPSA) is 66.5 Å². The molecule has 2 N–H and O–H groups in total. The van der Waals surface area contributed by atoms with Crippen LogP contribution in [0.1, 0.15) is 10.5 Å². The Kier molecular flexibility index (Phi) is 4.11. The van der Waals surface area contributed by atoms with Gasteiger partial charge in [0.05, 0.1) is 6.04 Å². The Hall–Kier alpha value is -1.53. The average molecular weight is 285 g/mol. The van der Waals surface area contributed by atoms with Gasteiger partial charge in [-0.05, 0) is 12.1 Å². The standard InChI is InChI=1S/C12H16N4O2.ClH/c1-13-11(17)9-2-3-10-12(15-9)18-7-8-6-14-4-5-16(8)10;/h2-3,8,14H,4-7H2,1H3,(H,13,17);1H/t8-;/m1./s1. The van der Waals surface area contributed by atoms with E-state index in [2.05, 4.69) is 20.5 Å². The third-order valence-electron chi connectivity index (χ3n) is 3.37. The summed E-state index contributed by atoms with van der Waals surface area (Å²) in [6.45, 7) is 3.45. The molecule has 0 bridgehead atoms. The molecular formula is C12H17ClN4O2. The van der Waals surface area contributed by atoms with Gasteiger partial charge in [0.2, 0.25) is 5.88 Å². The second kappa shape index (κ2) is 5.63. The second-order valence-corrected chi connectivity index (χ2v) is 4.46. The van der Waals surface area contributed by atoms with Gasteiger partial charge >= 0.3 is 0 Å². The molecule has 1 aromatic heterocycles. The van der Waals surface area contributed by atoms with Crippen LogP contribution in [0.5, 0.6) is 5.88 Å². The first kappa shape index (κ1) is 13.9. The number of pyridine rings is 1. The van der Waals surface area contributed by atoms with E-state index >= 15 is 0 Å². The number of halogens is 1. The Bertz CT molecular complexity index is 483. The molecule has 1 saturated heterocycles. The number of carbonyl (C=O) groups is 1. The number of aromatic nitrogens is 1. The highest BCUT2D eigenvalue weighted by atomic mass is 35.5. The zero-order chi connectivity index (χ0) is 12.5. The van der Waals surface area contributed by atoms with E-state index in [4.69, 9.17) is 4.74 Å². The Balaban J connectivity index is 0.00000133. The zero-order valence-electron chi connectivity index (χ0n) is 10.7. The molecule has 0 radical (unpaired) electrons. The summed E-state index contributed by atoms with van der Waals surface area (Å²) in [5.41, 5.74) is 1.38. The van der Waals surface area contributed by atoms with Gasteiger partial charge in [-0.25, -0.2) is 4.98 Å². The fraction of sp³-hybridized carbons (Fsp3) is 0.500. The van der Waals surface area contributed by atoms with E-state index in [1.54, 1.807) is 13.1 Å². The fourth-order valence-electron chi connectivity index (χ4n) is 2.41. The van der Waals surface area contributed by atoms with Crippen molar-refractivity contribution in [2.24, 2.45) is 0 Å². The van der Waals surface area contributed by atoms with Gasteiger partial charge in [0, 0.05) is 26.7 Å². The molecule has 1 fully saturated rings. The molecule has 1 aromatic rings. The van der Waals surface area contributed by atoms with E-state index in [1.165, 1.54) is 0 Å². The minimum Gasteiger partial charge on any atom is -0.474 e. The third kappa shape index (κ3) is 2.46. The first-order chi connectivity index (χ1) is 8.79. The Labute approximate surface area is 117 Å². The van der Waals surface area contributed by atoms with Crippen molar-refractivity contribution in [3.8, 4) is 5.88 Å². The highest BCUT2D eigenvalue weighted by Crippen LogP contribution is 2.32. The van der Waals surface area contributed by atoms with Crippen LogP contribution in [0.2, 0.25) is 0 Å². The largest absolute Gasteiger partial charge is 0.474 e. The number of nitrogens with zero attached hydrogens (tertiary/aromatic N) is 2. The lowest BCUT2D eigenvalue weighted by Crippen LogP contribution is -2.55. The van der Waals surface area contributed by atoms with Crippen molar-refractivity contribution in [3.05, 3.63) is 17.8 Å². The van der Waals surface area contributed by atoms with Crippen molar-refractivity contribution in [3.63, 3.8) is 0 Å². The lowest BCUT2D eigenvalue weighted by molar-refractivity contribution is 0.0956. The maximum atomic E-state index is 11.5. The van der Waals surface area contributed by atoms with Crippen molar-refractivity contribution >= 4 is 24.0 Å². The van der Waals surface area contributed by atoms with Crippen LogP contribution in [0.3, 0.4) is 0 Å². The van der Waals surface area contributed by atoms with Gasteiger partial charge in [0.15, 0.2) is 0 Å². The van der Waals surface area contributed by atoms with Crippen LogP contribution in [0, 0.1) is 0 Å². The van der Waals surface area contributed by atoms with Crippen LogP contribution in [-0.4, -0.2) is 50.2 Å². The van der Waals surface area contributed by atoms with E-state index in [0.717, 1.165) is 25.3 Å². The Morgan fingerprint density at radius 1 is 1.58 bits per heavy atom. The summed E-state index contributed by atoms with van der Waals surface area (Å²) < 4.78 is 5.66. The summed E-state index contributed by atoms with van der Waals surface area (Å²) in [7, 11) is 1.59. The zero-order valence-corrected chi connectivity index (χ0v) is 11.5. The molecule has 3 heterocycles. The summed E-state index contributed by atoms with van der Waals surface area (Å²) in [5.74, 6) is 0.373. The van der Waals surface area contributed by atoms with E-state index in [1.807, 2.05) is 6.07 Å². The summed E-state index contributed by atoms with van der Waals surface area (Å²) in [5, 5.41) is 5.91. The Morgan fingerprint density at radius 3 is 3.21 bits per heavy atom. The lowest BCUT2D eigenvalue weighted by Gasteiger charge is -2.41. The first-order valence-corrected chi connectivity index (χ1v) is 6.13. The number of piperazine rings is 1. The number of ether oxygens (including phenoxy) is 1. The first-order valence-electron chi connectivity index (χ1n) is 6.13. The SMILES string of the molecule is CNC(=O)c1ccc2c(n1)OC[C@H]1CNCCN21.Cl. The predicted molar refractivity (Wildman–Crippen MR) is 74.4 cm³/mol. The van der Waals surface area contributed by atoms with Crippen molar-refractivity contribution in [1.82, 2.24) is 15.6 Å². The van der Waals surface area contributed by atoms with E-state index in [-0.39, 0.29) is 18.3 Å². The van der Waals surface area contributed by atoms with E-state index in [9.17, 15) is 4.79 Å². The fourth-order valence-corrected chi connectivity index (χ4v) is 2.41. The average Bonchev–Trinajstić information content (AvgIpc) is 2.45. The predicted octanol–water partition coefficient (Wildman–Crippen LogP) is 0.0336. The molecular weight excluding hydrogens is 268 g/mol. The normalized spacial score (nSPS) is 20.5. The molecule has 104 valence electrons. The van der Waals surface area contributed by atoms with Crippen molar-refractivity contribution in [2.75, 3.05) is 38.2 Å². The third-order valence-corrected chi connectivity index (χ3v) is 3.37. The molecule has 0 spiro atoms. The molecule has 7 heteroatoms. The molecule has 0 unspecified atom stereocenters. The van der Waals surface area contributed by atoms with Crippen molar-refractivity contribution < 1.29 is 9.53 Å². The van der Waals surface area contributed by atoms with Crippen molar-refractivity contribution in [2.45, 2.75) is 6.04 Å². The van der Waals surface area contributed by atoms with Crippen LogP contribution in [-0.2, 0) is 0 Å². The van der Waals surface area contributed by atoms with Gasteiger partial charge in [0.25, 0.3) is 5.91 Å². The number of nitrogens with one attached hydrogen (secondary N) is 2. The number of anilines is 1. The number of amides is 1. The summed E-state index contributed by atoms with van der Waals surface area (Å²) in [6.07, 6.45) is 0. The van der Waals surface area contributed by atoms with Gasteiger partial charge in [0.1, 0.15) is 18.0 Å². The second-order valence-electron chi connectivity index (χ2n) is 4.46. The maximum Gasteiger partial charge on any atom is 0.269 e. The molecule has 1 amide bonds. The van der Waals surface area contributed by atoms with E-state index in [0.29, 0.717) is 24.2 Å². The van der Waals surface area contributed by atoms with Crippen LogP contribution in [0.15, 0.2) is 12.1 Å². The molecule has 1 atom stereocenters. The van der Waals surface area contributed by atoms with E-state index < -0.39 is 0 Å². The van der Waals surface area contributed by atoms with Gasteiger partial charge in [-0.3, -0.25) is 4.79 Å². The molecule has 6 nitrogen and oxygen atoms in total. The summed E-state index contributed by atoms with van der Waals surface area (Å²) in [6, 6.07) is 4.02. The molecule has 2 aliphatic rings. The summed E-state index contributed by atoms with van der Waals surface area (Å²) >= 11 is 0. The highest BCUT2D eigenvalue weighted by Gasteiger charge is 2.30. The van der Waals surface area contributed by atoms with Crippen LogP contribution in [0.4, 0.5) is 5.69 Å². The molecule has 0 saturated carbocycles. The summed E-state index contributed by atoms with van der Waals surface area (Å²) in [4.78, 5) is 18.1. The quantitative estimate of drug-likeness (QED) is 0.762. The smallest absolute Gasteiger partial charge is 0.269 e. The molecule has 3 rings (SSSR count). The van der Waals surface area contributed by atoms with Gasteiger partial charge in [-0.1, -0.05) is 0 Å². The number of hydrogen-bond acceptors (Lipinski definition) is 5. The van der Waals surface area contributed by atoms with Crippen LogP contribution >= 0.6 is 12.4 Å². The highest BCUT2D eigenvalue weighted by molar-refractivity contribution is 5.92. The minimum atomic E-state index is -0.191. The van der Waals surface area contributed by atoms with Crippen LogP contribution < -0.4 is 20.3 Å². The van der Waals surface area contributed by atoms with Gasteiger partial charge in [-0.15, -0.1) is 12.4 Å². The minimum absolute atomic E-state index is 0. The van der Waals surface area contributed by atoms with Gasteiger partial charge < -0.3 is 20.3 Å². The van der Waals surface area contributed by atoms with Crippen LogP contribution in [0.25, 0.3) is 0 Å². The number of carbonyl (C=O) groups excluding carboxylic acids is 1. The number of fused-ring (bicyclic) bond motifs is 3. The monoisotopic (exact) mass is 284 g/mol. The molecule has 2 aliphatic heterocycles. The van der Waals surface area contributed by atoms with Gasteiger partial charge in [-0.2, -0.15) is 0 Å². The maximum absolute atomic E-state index is 11.5. The number of hydrogen-bond donors (Lipinski definition) is 2. The lowest BCUT2D eigenvalue weighted by atomic mass is 10.1. The number of rotatable bonds is 1. The molecule has 0 aromatic carbocycles. The van der Waals surface area contributed by atoms with Crippen molar-refractivity contribution in [1.29, 1.82) is 0 Å². The Morgan fingerprint density at radius 2 is 2.42 bits per heavy atom.